The number of methoxy groups -OCH3 is 1. The molecule has 0 aliphatic carbocycles. The Hall–Kier alpha value is -1.69. The largest absolute Gasteiger partial charge is 0.497 e. The number of nitrogens with one attached hydrogen (secondary N) is 1. The molecule has 0 aliphatic rings. The fourth-order valence-corrected chi connectivity index (χ4v) is 2.25. The highest BCUT2D eigenvalue weighted by Crippen LogP contribution is 2.13. The lowest BCUT2D eigenvalue weighted by Gasteiger charge is -2.12. The summed E-state index contributed by atoms with van der Waals surface area (Å²) in [6, 6.07) is 7.49. The highest BCUT2D eigenvalue weighted by atomic mass is 32.2. The maximum absolute atomic E-state index is 11.9. The van der Waals surface area contributed by atoms with E-state index in [2.05, 4.69) is 5.32 Å². The molecule has 5 nitrogen and oxygen atoms in total. The zero-order chi connectivity index (χ0) is 15.7. The normalized spacial score (nSPS) is 11.6. The molecule has 1 rings (SSSR count). The van der Waals surface area contributed by atoms with Crippen molar-refractivity contribution in [2.24, 2.45) is 0 Å². The Bertz CT molecular complexity index is 461. The van der Waals surface area contributed by atoms with Crippen LogP contribution in [-0.2, 0) is 20.9 Å². The van der Waals surface area contributed by atoms with E-state index >= 15 is 0 Å². The Labute approximate surface area is 129 Å². The van der Waals surface area contributed by atoms with Crippen molar-refractivity contribution in [2.75, 3.05) is 19.5 Å². The highest BCUT2D eigenvalue weighted by Gasteiger charge is 2.15. The minimum atomic E-state index is -0.298. The molecule has 0 aromatic heterocycles. The summed E-state index contributed by atoms with van der Waals surface area (Å²) in [6.07, 6.45) is 0. The summed E-state index contributed by atoms with van der Waals surface area (Å²) < 4.78 is 9.89. The van der Waals surface area contributed by atoms with Crippen molar-refractivity contribution in [3.8, 4) is 5.75 Å². The molecule has 0 saturated carbocycles. The topological polar surface area (TPSA) is 64.6 Å². The third-order valence-corrected chi connectivity index (χ3v) is 3.87. The predicted octanol–water partition coefficient (Wildman–Crippen LogP) is 2.00. The molecule has 1 aromatic carbocycles. The van der Waals surface area contributed by atoms with Gasteiger partial charge < -0.3 is 14.8 Å². The Kier molecular flexibility index (Phi) is 7.68. The number of benzene rings is 1. The summed E-state index contributed by atoms with van der Waals surface area (Å²) in [7, 11) is 1.61. The van der Waals surface area contributed by atoms with Gasteiger partial charge in [-0.1, -0.05) is 12.1 Å². The maximum atomic E-state index is 11.9. The molecule has 0 bridgehead atoms. The van der Waals surface area contributed by atoms with Crippen molar-refractivity contribution in [3.05, 3.63) is 29.8 Å². The second-order valence-electron chi connectivity index (χ2n) is 4.32. The molecule has 1 aromatic rings. The summed E-state index contributed by atoms with van der Waals surface area (Å²) in [5.74, 6) is 0.575. The van der Waals surface area contributed by atoms with Crippen LogP contribution < -0.4 is 10.1 Å². The van der Waals surface area contributed by atoms with Crippen LogP contribution in [-0.4, -0.2) is 36.6 Å². The van der Waals surface area contributed by atoms with Crippen molar-refractivity contribution < 1.29 is 19.1 Å². The Morgan fingerprint density at radius 2 is 1.95 bits per heavy atom. The highest BCUT2D eigenvalue weighted by molar-refractivity contribution is 8.01. The van der Waals surface area contributed by atoms with Gasteiger partial charge in [0.05, 0.1) is 24.7 Å². The standard InChI is InChI=1S/C15H21NO4S/c1-4-20-14(17)10-21-11(2)15(18)16-9-12-5-7-13(19-3)8-6-12/h5-8,11H,4,9-10H2,1-3H3,(H,16,18)/t11-/m1/s1. The molecular weight excluding hydrogens is 290 g/mol. The molecule has 0 unspecified atom stereocenters. The molecule has 0 radical (unpaired) electrons. The molecule has 0 spiro atoms. The fourth-order valence-electron chi connectivity index (χ4n) is 1.55. The van der Waals surface area contributed by atoms with E-state index in [1.54, 1.807) is 21.0 Å². The second-order valence-corrected chi connectivity index (χ2v) is 5.65. The van der Waals surface area contributed by atoms with Crippen LogP contribution in [0.2, 0.25) is 0 Å². The molecule has 1 amide bonds. The molecule has 0 fully saturated rings. The SMILES string of the molecule is CCOC(=O)CS[C@H](C)C(=O)NCc1ccc(OC)cc1. The number of thioether (sulfide) groups is 1. The molecule has 0 heterocycles. The first-order valence-corrected chi connectivity index (χ1v) is 7.79. The van der Waals surface area contributed by atoms with Gasteiger partial charge in [0.25, 0.3) is 0 Å². The predicted molar refractivity (Wildman–Crippen MR) is 83.4 cm³/mol. The number of carbonyl (C=O) groups excluding carboxylic acids is 2. The minimum absolute atomic E-state index is 0.0971. The molecule has 6 heteroatoms. The van der Waals surface area contributed by atoms with Crippen molar-refractivity contribution in [2.45, 2.75) is 25.6 Å². The smallest absolute Gasteiger partial charge is 0.315 e. The van der Waals surface area contributed by atoms with Crippen LogP contribution in [0, 0.1) is 0 Å². The van der Waals surface area contributed by atoms with Crippen LogP contribution in [0.5, 0.6) is 5.75 Å². The number of rotatable bonds is 8. The molecule has 0 aliphatic heterocycles. The van der Waals surface area contributed by atoms with Gasteiger partial charge in [-0.25, -0.2) is 0 Å². The van der Waals surface area contributed by atoms with E-state index < -0.39 is 0 Å². The lowest BCUT2D eigenvalue weighted by molar-refractivity contribution is -0.139. The summed E-state index contributed by atoms with van der Waals surface area (Å²) in [5.41, 5.74) is 0.992. The average molecular weight is 311 g/mol. The fraction of sp³-hybridized carbons (Fsp3) is 0.467. The van der Waals surface area contributed by atoms with Crippen molar-refractivity contribution in [1.29, 1.82) is 0 Å². The van der Waals surface area contributed by atoms with E-state index in [4.69, 9.17) is 9.47 Å². The summed E-state index contributed by atoms with van der Waals surface area (Å²) in [4.78, 5) is 23.1. The monoisotopic (exact) mass is 311 g/mol. The minimum Gasteiger partial charge on any atom is -0.497 e. The van der Waals surface area contributed by atoms with Crippen LogP contribution in [0.3, 0.4) is 0 Å². The molecule has 116 valence electrons. The van der Waals surface area contributed by atoms with Crippen molar-refractivity contribution >= 4 is 23.6 Å². The van der Waals surface area contributed by atoms with Gasteiger partial charge in [0.2, 0.25) is 5.91 Å². The number of amides is 1. The molecule has 0 saturated heterocycles. The van der Waals surface area contributed by atoms with Gasteiger partial charge in [-0.3, -0.25) is 9.59 Å². The molecular formula is C15H21NO4S. The second kappa shape index (κ2) is 9.28. The van der Waals surface area contributed by atoms with Crippen LogP contribution in [0.1, 0.15) is 19.4 Å². The summed E-state index contributed by atoms with van der Waals surface area (Å²) in [6.45, 7) is 4.34. The molecule has 1 atom stereocenters. The first kappa shape index (κ1) is 17.4. The van der Waals surface area contributed by atoms with Crippen LogP contribution in [0.25, 0.3) is 0 Å². The van der Waals surface area contributed by atoms with Gasteiger partial charge in [-0.2, -0.15) is 0 Å². The van der Waals surface area contributed by atoms with Gasteiger partial charge in [-0.15, -0.1) is 11.8 Å². The van der Waals surface area contributed by atoms with E-state index in [0.717, 1.165) is 11.3 Å². The van der Waals surface area contributed by atoms with E-state index in [-0.39, 0.29) is 22.9 Å². The first-order valence-electron chi connectivity index (χ1n) is 6.74. The van der Waals surface area contributed by atoms with Crippen molar-refractivity contribution in [1.82, 2.24) is 5.32 Å². The zero-order valence-corrected chi connectivity index (χ0v) is 13.4. The van der Waals surface area contributed by atoms with Gasteiger partial charge in [0.1, 0.15) is 5.75 Å². The van der Waals surface area contributed by atoms with E-state index in [1.165, 1.54) is 11.8 Å². The van der Waals surface area contributed by atoms with E-state index in [1.807, 2.05) is 24.3 Å². The molecule has 21 heavy (non-hydrogen) atoms. The van der Waals surface area contributed by atoms with Gasteiger partial charge in [0, 0.05) is 6.54 Å². The third-order valence-electron chi connectivity index (χ3n) is 2.75. The van der Waals surface area contributed by atoms with Crippen LogP contribution in [0.15, 0.2) is 24.3 Å². The number of carbonyl (C=O) groups is 2. The number of esters is 1. The number of hydrogen-bond acceptors (Lipinski definition) is 5. The zero-order valence-electron chi connectivity index (χ0n) is 12.5. The van der Waals surface area contributed by atoms with Crippen LogP contribution in [0.4, 0.5) is 0 Å². The Morgan fingerprint density at radius 1 is 1.29 bits per heavy atom. The lowest BCUT2D eigenvalue weighted by Crippen LogP contribution is -2.31. The number of hydrogen-bond donors (Lipinski definition) is 1. The van der Waals surface area contributed by atoms with E-state index in [0.29, 0.717) is 13.2 Å². The average Bonchev–Trinajstić information content (AvgIpc) is 2.51. The maximum Gasteiger partial charge on any atom is 0.315 e. The Balaban J connectivity index is 2.33. The summed E-state index contributed by atoms with van der Waals surface area (Å²) in [5, 5.41) is 2.54. The third kappa shape index (κ3) is 6.53. The van der Waals surface area contributed by atoms with Gasteiger partial charge in [0.15, 0.2) is 0 Å². The quantitative estimate of drug-likeness (QED) is 0.744. The molecule has 1 N–H and O–H groups in total. The lowest BCUT2D eigenvalue weighted by atomic mass is 10.2. The first-order chi connectivity index (χ1) is 10.1. The van der Waals surface area contributed by atoms with Gasteiger partial charge in [-0.05, 0) is 31.5 Å². The van der Waals surface area contributed by atoms with Crippen LogP contribution >= 0.6 is 11.8 Å². The number of ether oxygens (including phenoxy) is 2. The van der Waals surface area contributed by atoms with Gasteiger partial charge >= 0.3 is 5.97 Å². The van der Waals surface area contributed by atoms with E-state index in [9.17, 15) is 9.59 Å². The Morgan fingerprint density at radius 3 is 2.52 bits per heavy atom. The van der Waals surface area contributed by atoms with Crippen molar-refractivity contribution in [3.63, 3.8) is 0 Å². The summed E-state index contributed by atoms with van der Waals surface area (Å²) >= 11 is 1.27.